The van der Waals surface area contributed by atoms with Gasteiger partial charge in [0.15, 0.2) is 0 Å². The summed E-state index contributed by atoms with van der Waals surface area (Å²) in [4.78, 5) is 30.0. The van der Waals surface area contributed by atoms with Gasteiger partial charge in [0.05, 0.1) is 28.3 Å². The normalized spacial score (nSPS) is 11.4. The first-order chi connectivity index (χ1) is 19.9. The van der Waals surface area contributed by atoms with E-state index >= 15 is 0 Å². The number of nitrogens with zero attached hydrogens (tertiary/aromatic N) is 4. The highest BCUT2D eigenvalue weighted by molar-refractivity contribution is 6.02. The van der Waals surface area contributed by atoms with Gasteiger partial charge in [-0.25, -0.2) is 19.3 Å². The summed E-state index contributed by atoms with van der Waals surface area (Å²) in [7, 11) is 1.56. The molecular weight excluding hydrogens is 530 g/mol. The number of benzene rings is 3. The molecule has 0 saturated heterocycles. The lowest BCUT2D eigenvalue weighted by molar-refractivity contribution is 0.255. The maximum Gasteiger partial charge on any atom is 0.320 e. The van der Waals surface area contributed by atoms with Crippen LogP contribution in [-0.4, -0.2) is 33.9 Å². The zero-order valence-electron chi connectivity index (χ0n) is 24.2. The molecule has 3 aromatic carbocycles. The van der Waals surface area contributed by atoms with Crippen molar-refractivity contribution in [2.45, 2.75) is 33.1 Å². The van der Waals surface area contributed by atoms with Gasteiger partial charge in [0.25, 0.3) is 0 Å². The summed E-state index contributed by atoms with van der Waals surface area (Å²) in [6.07, 6.45) is 1.55. The summed E-state index contributed by atoms with van der Waals surface area (Å²) in [6.45, 7) is 8.26. The van der Waals surface area contributed by atoms with Gasteiger partial charge in [0, 0.05) is 30.1 Å². The number of amides is 4. The summed E-state index contributed by atoms with van der Waals surface area (Å²) >= 11 is 0. The van der Waals surface area contributed by atoms with Crippen LogP contribution in [0.15, 0.2) is 79.0 Å². The monoisotopic (exact) mass is 563 g/mol. The maximum absolute atomic E-state index is 12.4. The molecule has 4 amide bonds. The molecular formula is C32H33N7O3. The highest BCUT2D eigenvalue weighted by Crippen LogP contribution is 2.42. The van der Waals surface area contributed by atoms with Crippen molar-refractivity contribution in [2.24, 2.45) is 11.5 Å². The van der Waals surface area contributed by atoms with E-state index in [2.05, 4.69) is 31.1 Å². The highest BCUT2D eigenvalue weighted by Gasteiger charge is 2.27. The first-order valence-electron chi connectivity index (χ1n) is 13.4. The van der Waals surface area contributed by atoms with Crippen LogP contribution in [0.1, 0.15) is 32.0 Å². The van der Waals surface area contributed by atoms with Gasteiger partial charge in [-0.1, -0.05) is 62.7 Å². The second-order valence-electron chi connectivity index (χ2n) is 11.1. The van der Waals surface area contributed by atoms with Gasteiger partial charge in [-0.05, 0) is 42.6 Å². The number of urea groups is 2. The van der Waals surface area contributed by atoms with Crippen LogP contribution in [0.5, 0.6) is 11.5 Å². The Balaban J connectivity index is 1.76. The van der Waals surface area contributed by atoms with Crippen LogP contribution in [0, 0.1) is 6.92 Å². The quantitative estimate of drug-likeness (QED) is 0.216. The van der Waals surface area contributed by atoms with Gasteiger partial charge in [-0.2, -0.15) is 5.10 Å². The van der Waals surface area contributed by atoms with E-state index in [9.17, 15) is 9.59 Å². The van der Waals surface area contributed by atoms with Crippen LogP contribution >= 0.6 is 0 Å². The zero-order valence-corrected chi connectivity index (χ0v) is 24.2. The lowest BCUT2D eigenvalue weighted by Gasteiger charge is -2.21. The topological polar surface area (TPSA) is 141 Å². The first kappa shape index (κ1) is 28.2. The number of anilines is 2. The molecule has 10 heteroatoms. The van der Waals surface area contributed by atoms with Crippen molar-refractivity contribution < 1.29 is 14.3 Å². The molecule has 5 aromatic rings. The van der Waals surface area contributed by atoms with Gasteiger partial charge in [-0.15, -0.1) is 0 Å². The van der Waals surface area contributed by atoms with E-state index in [0.717, 1.165) is 27.7 Å². The molecule has 0 aliphatic heterocycles. The molecule has 0 saturated carbocycles. The smallest absolute Gasteiger partial charge is 0.320 e. The van der Waals surface area contributed by atoms with Gasteiger partial charge >= 0.3 is 12.1 Å². The van der Waals surface area contributed by atoms with Crippen LogP contribution in [0.2, 0.25) is 0 Å². The van der Waals surface area contributed by atoms with Crippen molar-refractivity contribution in [2.75, 3.05) is 17.3 Å². The molecule has 10 nitrogen and oxygen atoms in total. The average molecular weight is 564 g/mol. The predicted molar refractivity (Wildman–Crippen MR) is 165 cm³/mol. The third-order valence-corrected chi connectivity index (χ3v) is 6.87. The highest BCUT2D eigenvalue weighted by atomic mass is 16.5. The molecule has 5 N–H and O–H groups in total. The Hall–Kier alpha value is -5.38. The van der Waals surface area contributed by atoms with Crippen LogP contribution in [-0.2, 0) is 5.41 Å². The molecule has 0 spiro atoms. The van der Waals surface area contributed by atoms with Crippen molar-refractivity contribution >= 4 is 34.3 Å². The van der Waals surface area contributed by atoms with Gasteiger partial charge < -0.3 is 21.5 Å². The largest absolute Gasteiger partial charge is 0.456 e. The zero-order chi connectivity index (χ0) is 30.2. The fourth-order valence-corrected chi connectivity index (χ4v) is 4.63. The van der Waals surface area contributed by atoms with Crippen LogP contribution in [0.3, 0.4) is 0 Å². The van der Waals surface area contributed by atoms with Gasteiger partial charge in [-0.3, -0.25) is 4.90 Å². The van der Waals surface area contributed by atoms with Crippen molar-refractivity contribution in [3.8, 4) is 28.4 Å². The number of pyridine rings is 1. The van der Waals surface area contributed by atoms with Crippen LogP contribution < -0.4 is 26.4 Å². The standard InChI is InChI=1S/C32H33N7O3/c1-19-10-12-21(13-11-19)39-25(18-27(37-39)32(2,3)4)28-26(14-15-35-29(28)38(5)31(34)41)42-22-16-20-8-6-7-9-23(20)24(17-22)36-30(33)40/h6-18H,1-5H3,(H2,34,41)(H3,33,36,40). The first-order valence-corrected chi connectivity index (χ1v) is 13.4. The molecule has 0 aliphatic rings. The number of ether oxygens (including phenoxy) is 1. The fourth-order valence-electron chi connectivity index (χ4n) is 4.63. The van der Waals surface area contributed by atoms with E-state index in [4.69, 9.17) is 21.3 Å². The maximum atomic E-state index is 12.4. The summed E-state index contributed by atoms with van der Waals surface area (Å²) in [6, 6.07) is 21.4. The minimum absolute atomic E-state index is 0.280. The second kappa shape index (κ2) is 10.9. The van der Waals surface area contributed by atoms with E-state index < -0.39 is 12.1 Å². The number of rotatable bonds is 6. The number of aromatic nitrogens is 3. The third-order valence-electron chi connectivity index (χ3n) is 6.87. The minimum Gasteiger partial charge on any atom is -0.456 e. The number of primary amides is 2. The van der Waals surface area contributed by atoms with Crippen molar-refractivity contribution in [1.82, 2.24) is 14.8 Å². The Bertz CT molecular complexity index is 1800. The minimum atomic E-state index is -0.691. The molecule has 5 rings (SSSR count). The summed E-state index contributed by atoms with van der Waals surface area (Å²) in [5.74, 6) is 1.14. The molecule has 0 bridgehead atoms. The third kappa shape index (κ3) is 5.60. The second-order valence-corrected chi connectivity index (χ2v) is 11.1. The summed E-state index contributed by atoms with van der Waals surface area (Å²) in [5.41, 5.74) is 15.3. The Morgan fingerprint density at radius 1 is 0.976 bits per heavy atom. The number of hydrogen-bond acceptors (Lipinski definition) is 5. The molecule has 0 unspecified atom stereocenters. The number of aryl methyl sites for hydroxylation is 1. The van der Waals surface area contributed by atoms with E-state index in [1.54, 1.807) is 25.4 Å². The Morgan fingerprint density at radius 2 is 1.69 bits per heavy atom. The van der Waals surface area contributed by atoms with Crippen LogP contribution in [0.25, 0.3) is 27.7 Å². The SMILES string of the molecule is Cc1ccc(-n2nc(C(C)(C)C)cc2-c2c(Oc3cc(NC(N)=O)c4ccccc4c3)ccnc2N(C)C(N)=O)cc1. The lowest BCUT2D eigenvalue weighted by Crippen LogP contribution is -2.33. The van der Waals surface area contributed by atoms with Crippen LogP contribution in [0.4, 0.5) is 21.1 Å². The molecule has 0 aliphatic carbocycles. The molecule has 0 atom stereocenters. The lowest BCUT2D eigenvalue weighted by atomic mass is 9.92. The Morgan fingerprint density at radius 3 is 2.36 bits per heavy atom. The Labute approximate surface area is 243 Å². The number of nitrogens with two attached hydrogens (primary N) is 2. The van der Waals surface area contributed by atoms with Crippen molar-refractivity contribution in [3.63, 3.8) is 0 Å². The molecule has 2 aromatic heterocycles. The summed E-state index contributed by atoms with van der Waals surface area (Å²) in [5, 5.41) is 9.30. The number of nitrogens with one attached hydrogen (secondary N) is 1. The van der Waals surface area contributed by atoms with E-state index in [-0.39, 0.29) is 5.41 Å². The number of hydrogen-bond donors (Lipinski definition) is 3. The number of fused-ring (bicyclic) bond motifs is 1. The van der Waals surface area contributed by atoms with Crippen molar-refractivity contribution in [1.29, 1.82) is 0 Å². The average Bonchev–Trinajstić information content (AvgIpc) is 3.38. The molecule has 42 heavy (non-hydrogen) atoms. The number of carbonyl (C=O) groups excluding carboxylic acids is 2. The molecule has 0 radical (unpaired) electrons. The van der Waals surface area contributed by atoms with E-state index in [1.807, 2.05) is 72.3 Å². The molecule has 214 valence electrons. The summed E-state index contributed by atoms with van der Waals surface area (Å²) < 4.78 is 8.34. The Kier molecular flexibility index (Phi) is 7.30. The van der Waals surface area contributed by atoms with Gasteiger partial charge in [0.1, 0.15) is 17.3 Å². The van der Waals surface area contributed by atoms with E-state index in [0.29, 0.717) is 34.3 Å². The predicted octanol–water partition coefficient (Wildman–Crippen LogP) is 6.49. The van der Waals surface area contributed by atoms with E-state index in [1.165, 1.54) is 4.90 Å². The molecule has 2 heterocycles. The molecule has 0 fully saturated rings. The fraction of sp³-hybridized carbons (Fsp3) is 0.188. The van der Waals surface area contributed by atoms with Gasteiger partial charge in [0.2, 0.25) is 0 Å². The van der Waals surface area contributed by atoms with Crippen molar-refractivity contribution in [3.05, 3.63) is 90.3 Å². The number of carbonyl (C=O) groups is 2.